The third-order valence-electron chi connectivity index (χ3n) is 2.81. The Bertz CT molecular complexity index is 370. The van der Waals surface area contributed by atoms with Crippen molar-refractivity contribution in [1.82, 2.24) is 4.90 Å². The van der Waals surface area contributed by atoms with Gasteiger partial charge in [0.15, 0.2) is 0 Å². The minimum atomic E-state index is 0.285. The molecule has 1 aliphatic heterocycles. The zero-order valence-electron chi connectivity index (χ0n) is 9.66. The van der Waals surface area contributed by atoms with Crippen molar-refractivity contribution in [3.05, 3.63) is 23.2 Å². The van der Waals surface area contributed by atoms with Crippen molar-refractivity contribution in [3.8, 4) is 5.75 Å². The van der Waals surface area contributed by atoms with Crippen molar-refractivity contribution >= 4 is 17.3 Å². The Morgan fingerprint density at radius 1 is 1.44 bits per heavy atom. The molecule has 2 rings (SSSR count). The van der Waals surface area contributed by atoms with Crippen LogP contribution in [0.3, 0.4) is 0 Å². The van der Waals surface area contributed by atoms with E-state index in [0.717, 1.165) is 30.9 Å². The Morgan fingerprint density at radius 2 is 2.25 bits per heavy atom. The zero-order valence-corrected chi connectivity index (χ0v) is 10.4. The van der Waals surface area contributed by atoms with Crippen molar-refractivity contribution in [1.29, 1.82) is 0 Å². The molecule has 0 saturated carbocycles. The first-order valence-electron chi connectivity index (χ1n) is 5.51. The molecule has 1 N–H and O–H groups in total. The van der Waals surface area contributed by atoms with Crippen LogP contribution in [-0.4, -0.2) is 38.2 Å². The van der Waals surface area contributed by atoms with Gasteiger partial charge in [-0.3, -0.25) is 0 Å². The number of rotatable bonds is 3. The summed E-state index contributed by atoms with van der Waals surface area (Å²) < 4.78 is 5.90. The molecule has 4 heteroatoms. The van der Waals surface area contributed by atoms with Gasteiger partial charge in [0, 0.05) is 36.9 Å². The number of hydrogen-bond acceptors (Lipinski definition) is 3. The Balaban J connectivity index is 2.06. The zero-order chi connectivity index (χ0) is 11.5. The summed E-state index contributed by atoms with van der Waals surface area (Å²) in [6.45, 7) is 2.09. The van der Waals surface area contributed by atoms with Crippen LogP contribution in [0.4, 0.5) is 5.69 Å². The first-order valence-corrected chi connectivity index (χ1v) is 5.88. The molecule has 88 valence electrons. The minimum Gasteiger partial charge on any atom is -0.489 e. The molecular formula is C12H17ClN2O. The number of anilines is 1. The van der Waals surface area contributed by atoms with Gasteiger partial charge in [-0.2, -0.15) is 0 Å². The third kappa shape index (κ3) is 2.80. The summed E-state index contributed by atoms with van der Waals surface area (Å²) in [6.07, 6.45) is 1.37. The van der Waals surface area contributed by atoms with Crippen LogP contribution in [0.15, 0.2) is 18.2 Å². The number of likely N-dealkylation sites (tertiary alicyclic amines) is 1. The maximum Gasteiger partial charge on any atom is 0.123 e. The summed E-state index contributed by atoms with van der Waals surface area (Å²) in [5, 5.41) is 3.77. The largest absolute Gasteiger partial charge is 0.489 e. The molecular weight excluding hydrogens is 224 g/mol. The highest BCUT2D eigenvalue weighted by Gasteiger charge is 2.20. The van der Waals surface area contributed by atoms with E-state index in [2.05, 4.69) is 17.3 Å². The molecule has 3 nitrogen and oxygen atoms in total. The Kier molecular flexibility index (Phi) is 3.56. The lowest BCUT2D eigenvalue weighted by Crippen LogP contribution is -2.21. The van der Waals surface area contributed by atoms with Crippen LogP contribution in [0.5, 0.6) is 5.75 Å². The molecule has 0 aliphatic carbocycles. The second-order valence-corrected chi connectivity index (χ2v) is 4.65. The Labute approximate surface area is 101 Å². The summed E-state index contributed by atoms with van der Waals surface area (Å²) in [5.74, 6) is 0.845. The summed E-state index contributed by atoms with van der Waals surface area (Å²) in [5.41, 5.74) is 0.980. The van der Waals surface area contributed by atoms with Crippen molar-refractivity contribution in [3.63, 3.8) is 0 Å². The molecule has 0 radical (unpaired) electrons. The normalized spacial score (nSPS) is 21.1. The molecule has 0 amide bonds. The van der Waals surface area contributed by atoms with Gasteiger partial charge in [-0.05, 0) is 25.6 Å². The molecule has 1 fully saturated rings. The quantitative estimate of drug-likeness (QED) is 0.879. The van der Waals surface area contributed by atoms with Gasteiger partial charge in [0.2, 0.25) is 0 Å². The van der Waals surface area contributed by atoms with Crippen LogP contribution in [0.25, 0.3) is 0 Å². The second kappa shape index (κ2) is 4.93. The average Bonchev–Trinajstić information content (AvgIpc) is 2.63. The summed E-state index contributed by atoms with van der Waals surface area (Å²) in [4.78, 5) is 2.27. The summed E-state index contributed by atoms with van der Waals surface area (Å²) in [6, 6.07) is 5.72. The fourth-order valence-corrected chi connectivity index (χ4v) is 2.18. The number of ether oxygens (including phenoxy) is 1. The van der Waals surface area contributed by atoms with Crippen LogP contribution in [0, 0.1) is 0 Å². The van der Waals surface area contributed by atoms with Crippen LogP contribution < -0.4 is 10.1 Å². The van der Waals surface area contributed by atoms with Gasteiger partial charge in [0.05, 0.1) is 0 Å². The van der Waals surface area contributed by atoms with E-state index >= 15 is 0 Å². The maximum atomic E-state index is 6.01. The van der Waals surface area contributed by atoms with E-state index in [0.29, 0.717) is 5.02 Å². The SMILES string of the molecule is CNc1cc(Cl)cc(OC2CCN(C)C2)c1. The van der Waals surface area contributed by atoms with Gasteiger partial charge < -0.3 is 15.0 Å². The first kappa shape index (κ1) is 11.6. The smallest absolute Gasteiger partial charge is 0.123 e. The van der Waals surface area contributed by atoms with E-state index in [1.165, 1.54) is 0 Å². The van der Waals surface area contributed by atoms with Crippen molar-refractivity contribution in [2.45, 2.75) is 12.5 Å². The fourth-order valence-electron chi connectivity index (χ4n) is 1.96. The molecule has 0 bridgehead atoms. The number of nitrogens with one attached hydrogen (secondary N) is 1. The molecule has 1 aliphatic rings. The van der Waals surface area contributed by atoms with Crippen molar-refractivity contribution < 1.29 is 4.74 Å². The van der Waals surface area contributed by atoms with E-state index in [1.807, 2.05) is 25.2 Å². The molecule has 0 spiro atoms. The molecule has 1 atom stereocenters. The predicted molar refractivity (Wildman–Crippen MR) is 67.5 cm³/mol. The van der Waals surface area contributed by atoms with E-state index in [9.17, 15) is 0 Å². The molecule has 1 saturated heterocycles. The fraction of sp³-hybridized carbons (Fsp3) is 0.500. The number of benzene rings is 1. The molecule has 1 aromatic rings. The predicted octanol–water partition coefficient (Wildman–Crippen LogP) is 2.46. The summed E-state index contributed by atoms with van der Waals surface area (Å²) in [7, 11) is 3.99. The van der Waals surface area contributed by atoms with E-state index < -0.39 is 0 Å². The standard InChI is InChI=1S/C12H17ClN2O/c1-14-10-5-9(13)6-12(7-10)16-11-3-4-15(2)8-11/h5-7,11,14H,3-4,8H2,1-2H3. The van der Waals surface area contributed by atoms with Crippen LogP contribution in [0.2, 0.25) is 5.02 Å². The van der Waals surface area contributed by atoms with Crippen molar-refractivity contribution in [2.24, 2.45) is 0 Å². The lowest BCUT2D eigenvalue weighted by Gasteiger charge is -2.15. The number of hydrogen-bond donors (Lipinski definition) is 1. The van der Waals surface area contributed by atoms with Crippen molar-refractivity contribution in [2.75, 3.05) is 32.5 Å². The first-order chi connectivity index (χ1) is 7.67. The lowest BCUT2D eigenvalue weighted by atomic mass is 10.3. The van der Waals surface area contributed by atoms with Gasteiger partial charge in [-0.25, -0.2) is 0 Å². The number of halogens is 1. The second-order valence-electron chi connectivity index (χ2n) is 4.22. The number of likely N-dealkylation sites (N-methyl/N-ethyl adjacent to an activating group) is 1. The van der Waals surface area contributed by atoms with Gasteiger partial charge in [-0.1, -0.05) is 11.6 Å². The van der Waals surface area contributed by atoms with Gasteiger partial charge in [-0.15, -0.1) is 0 Å². The monoisotopic (exact) mass is 240 g/mol. The highest BCUT2D eigenvalue weighted by Crippen LogP contribution is 2.26. The maximum absolute atomic E-state index is 6.01. The lowest BCUT2D eigenvalue weighted by molar-refractivity contribution is 0.208. The van der Waals surface area contributed by atoms with Gasteiger partial charge in [0.25, 0.3) is 0 Å². The van der Waals surface area contributed by atoms with Crippen LogP contribution in [-0.2, 0) is 0 Å². The highest BCUT2D eigenvalue weighted by atomic mass is 35.5. The average molecular weight is 241 g/mol. The van der Waals surface area contributed by atoms with E-state index in [-0.39, 0.29) is 6.10 Å². The molecule has 1 heterocycles. The number of nitrogens with zero attached hydrogens (tertiary/aromatic N) is 1. The highest BCUT2D eigenvalue weighted by molar-refractivity contribution is 6.31. The van der Waals surface area contributed by atoms with E-state index in [4.69, 9.17) is 16.3 Å². The topological polar surface area (TPSA) is 24.5 Å². The van der Waals surface area contributed by atoms with E-state index in [1.54, 1.807) is 0 Å². The Hall–Kier alpha value is -0.930. The summed E-state index contributed by atoms with van der Waals surface area (Å²) >= 11 is 6.01. The molecule has 1 aromatic carbocycles. The molecule has 0 aromatic heterocycles. The molecule has 1 unspecified atom stereocenters. The van der Waals surface area contributed by atoms with Crippen LogP contribution >= 0.6 is 11.6 Å². The molecule has 16 heavy (non-hydrogen) atoms. The van der Waals surface area contributed by atoms with Crippen LogP contribution in [0.1, 0.15) is 6.42 Å². The van der Waals surface area contributed by atoms with Gasteiger partial charge in [0.1, 0.15) is 11.9 Å². The third-order valence-corrected chi connectivity index (χ3v) is 3.03. The Morgan fingerprint density at radius 3 is 2.88 bits per heavy atom. The minimum absolute atomic E-state index is 0.285. The van der Waals surface area contributed by atoms with Gasteiger partial charge >= 0.3 is 0 Å².